The van der Waals surface area contributed by atoms with E-state index in [4.69, 9.17) is 0 Å². The predicted molar refractivity (Wildman–Crippen MR) is 70.6 cm³/mol. The summed E-state index contributed by atoms with van der Waals surface area (Å²) in [5.41, 5.74) is 5.65. The quantitative estimate of drug-likeness (QED) is 0.744. The second-order valence-corrected chi connectivity index (χ2v) is 5.29. The second kappa shape index (κ2) is 4.52. The molecular weight excluding hydrogens is 210 g/mol. The summed E-state index contributed by atoms with van der Waals surface area (Å²) in [6.07, 6.45) is 6.37. The van der Waals surface area contributed by atoms with Crippen LogP contribution < -0.4 is 0 Å². The van der Waals surface area contributed by atoms with Crippen molar-refractivity contribution in [1.82, 2.24) is 4.90 Å². The number of fused-ring (bicyclic) bond motifs is 1. The van der Waals surface area contributed by atoms with E-state index >= 15 is 0 Å². The van der Waals surface area contributed by atoms with Crippen LogP contribution in [0.1, 0.15) is 33.6 Å². The first kappa shape index (κ1) is 12.2. The number of hydrogen-bond acceptors (Lipinski definition) is 2. The highest BCUT2D eigenvalue weighted by Gasteiger charge is 2.27. The van der Waals surface area contributed by atoms with Crippen molar-refractivity contribution in [1.29, 1.82) is 0 Å². The predicted octanol–water partition coefficient (Wildman–Crippen LogP) is 3.08. The Balaban J connectivity index is 2.28. The summed E-state index contributed by atoms with van der Waals surface area (Å²) in [7, 11) is 2.14. The van der Waals surface area contributed by atoms with Crippen LogP contribution >= 0.6 is 0 Å². The average Bonchev–Trinajstić information content (AvgIpc) is 2.57. The van der Waals surface area contributed by atoms with Gasteiger partial charge in [-0.1, -0.05) is 19.1 Å². The average molecular weight is 231 g/mol. The molecule has 1 aliphatic carbocycles. The molecule has 0 fully saturated rings. The summed E-state index contributed by atoms with van der Waals surface area (Å²) >= 11 is 0. The molecule has 1 atom stereocenters. The van der Waals surface area contributed by atoms with Gasteiger partial charge in [-0.3, -0.25) is 4.79 Å². The van der Waals surface area contributed by atoms with Gasteiger partial charge in [0.15, 0.2) is 0 Å². The molecule has 0 aromatic rings. The maximum atomic E-state index is 11.4. The molecule has 2 aliphatic rings. The molecule has 17 heavy (non-hydrogen) atoms. The molecule has 92 valence electrons. The molecule has 2 heteroatoms. The minimum atomic E-state index is 0.150. The Labute approximate surface area is 104 Å². The van der Waals surface area contributed by atoms with Crippen LogP contribution in [0.15, 0.2) is 34.6 Å². The van der Waals surface area contributed by atoms with E-state index in [9.17, 15) is 4.79 Å². The van der Waals surface area contributed by atoms with Crippen LogP contribution in [0.25, 0.3) is 0 Å². The fourth-order valence-electron chi connectivity index (χ4n) is 2.77. The topological polar surface area (TPSA) is 20.3 Å². The zero-order valence-corrected chi connectivity index (χ0v) is 11.2. The highest BCUT2D eigenvalue weighted by atomic mass is 16.1. The lowest BCUT2D eigenvalue weighted by molar-refractivity contribution is -0.120. The van der Waals surface area contributed by atoms with Crippen LogP contribution in [-0.4, -0.2) is 24.3 Å². The molecule has 0 bridgehead atoms. The van der Waals surface area contributed by atoms with E-state index in [0.717, 1.165) is 19.4 Å². The lowest BCUT2D eigenvalue weighted by Crippen LogP contribution is -2.16. The Morgan fingerprint density at radius 1 is 1.53 bits per heavy atom. The highest BCUT2D eigenvalue weighted by Crippen LogP contribution is 2.37. The van der Waals surface area contributed by atoms with Gasteiger partial charge in [-0.25, -0.2) is 0 Å². The third-order valence-corrected chi connectivity index (χ3v) is 3.83. The van der Waals surface area contributed by atoms with Crippen LogP contribution in [0, 0.1) is 5.92 Å². The van der Waals surface area contributed by atoms with Crippen molar-refractivity contribution in [2.45, 2.75) is 33.6 Å². The molecule has 0 saturated heterocycles. The summed E-state index contributed by atoms with van der Waals surface area (Å²) in [6, 6.07) is 0. The van der Waals surface area contributed by atoms with Crippen molar-refractivity contribution in [3.8, 4) is 0 Å². The first-order chi connectivity index (χ1) is 8.00. The van der Waals surface area contributed by atoms with Gasteiger partial charge in [0.1, 0.15) is 5.78 Å². The molecule has 0 amide bonds. The van der Waals surface area contributed by atoms with E-state index in [2.05, 4.69) is 31.0 Å². The van der Waals surface area contributed by atoms with E-state index in [-0.39, 0.29) is 5.92 Å². The van der Waals surface area contributed by atoms with Crippen molar-refractivity contribution in [3.63, 3.8) is 0 Å². The molecule has 0 unspecified atom stereocenters. The van der Waals surface area contributed by atoms with Gasteiger partial charge >= 0.3 is 0 Å². The smallest absolute Gasteiger partial charge is 0.132 e. The van der Waals surface area contributed by atoms with Gasteiger partial charge in [-0.2, -0.15) is 0 Å². The largest absolute Gasteiger partial charge is 0.370 e. The molecule has 0 saturated carbocycles. The van der Waals surface area contributed by atoms with Crippen molar-refractivity contribution in [2.24, 2.45) is 5.92 Å². The first-order valence-electron chi connectivity index (χ1n) is 6.31. The summed E-state index contributed by atoms with van der Waals surface area (Å²) < 4.78 is 0. The van der Waals surface area contributed by atoms with Gasteiger partial charge in [0.05, 0.1) is 0 Å². The Kier molecular flexibility index (Phi) is 3.23. The number of rotatable bonds is 3. The zero-order valence-electron chi connectivity index (χ0n) is 11.2. The number of ketones is 1. The molecule has 2 nitrogen and oxygen atoms in total. The number of allylic oxidation sites excluding steroid dienone is 4. The van der Waals surface area contributed by atoms with Gasteiger partial charge in [0.2, 0.25) is 0 Å². The number of Topliss-reactive ketones (excluding diaryl/α,β-unsaturated/α-hetero) is 1. The summed E-state index contributed by atoms with van der Waals surface area (Å²) in [4.78, 5) is 13.7. The standard InChI is InChI=1S/C15H21NO/c1-10-6-5-7-14-13(8-11(2)12(3)17)9-16(4)15(10)14/h5-6,11H,7-9H2,1-4H3/t11-/m0/s1. The van der Waals surface area contributed by atoms with E-state index in [1.165, 1.54) is 22.4 Å². The molecule has 2 rings (SSSR count). The minimum absolute atomic E-state index is 0.150. The monoisotopic (exact) mass is 231 g/mol. The lowest BCUT2D eigenvalue weighted by Gasteiger charge is -2.19. The Hall–Kier alpha value is -1.31. The lowest BCUT2D eigenvalue weighted by atomic mass is 9.91. The first-order valence-corrected chi connectivity index (χ1v) is 6.31. The highest BCUT2D eigenvalue weighted by molar-refractivity contribution is 5.78. The molecule has 0 N–H and O–H groups in total. The van der Waals surface area contributed by atoms with Crippen LogP contribution in [0.4, 0.5) is 0 Å². The normalized spacial score (nSPS) is 21.1. The van der Waals surface area contributed by atoms with Crippen molar-refractivity contribution < 1.29 is 4.79 Å². The summed E-state index contributed by atoms with van der Waals surface area (Å²) in [5, 5.41) is 0. The summed E-state index contributed by atoms with van der Waals surface area (Å²) in [5.74, 6) is 0.442. The van der Waals surface area contributed by atoms with E-state index in [1.807, 2.05) is 6.92 Å². The molecule has 0 aromatic heterocycles. The molecule has 0 spiro atoms. The van der Waals surface area contributed by atoms with Crippen LogP contribution in [0.2, 0.25) is 0 Å². The second-order valence-electron chi connectivity index (χ2n) is 5.29. The fraction of sp³-hybridized carbons (Fsp3) is 0.533. The van der Waals surface area contributed by atoms with Crippen molar-refractivity contribution >= 4 is 5.78 Å². The van der Waals surface area contributed by atoms with Crippen molar-refractivity contribution in [2.75, 3.05) is 13.6 Å². The van der Waals surface area contributed by atoms with Gasteiger partial charge in [-0.15, -0.1) is 0 Å². The van der Waals surface area contributed by atoms with E-state index < -0.39 is 0 Å². The number of hydrogen-bond donors (Lipinski definition) is 0. The summed E-state index contributed by atoms with van der Waals surface area (Å²) in [6.45, 7) is 6.88. The van der Waals surface area contributed by atoms with Crippen LogP contribution in [0.3, 0.4) is 0 Å². The molecule has 1 aliphatic heterocycles. The number of carbonyl (C=O) groups excluding carboxylic acids is 1. The fourth-order valence-corrected chi connectivity index (χ4v) is 2.77. The third kappa shape index (κ3) is 2.21. The Morgan fingerprint density at radius 3 is 2.88 bits per heavy atom. The molecule has 0 radical (unpaired) electrons. The Morgan fingerprint density at radius 2 is 2.24 bits per heavy atom. The van der Waals surface area contributed by atoms with Gasteiger partial charge in [0, 0.05) is 25.2 Å². The zero-order chi connectivity index (χ0) is 12.6. The van der Waals surface area contributed by atoms with E-state index in [1.54, 1.807) is 6.92 Å². The molecule has 0 aromatic carbocycles. The SMILES string of the molecule is CC(=O)[C@@H](C)CC1=C2CC=CC(C)=C2N(C)C1. The maximum absolute atomic E-state index is 11.4. The van der Waals surface area contributed by atoms with Gasteiger partial charge in [0.25, 0.3) is 0 Å². The van der Waals surface area contributed by atoms with Gasteiger partial charge < -0.3 is 4.90 Å². The number of carbonyl (C=O) groups is 1. The van der Waals surface area contributed by atoms with E-state index in [0.29, 0.717) is 5.78 Å². The maximum Gasteiger partial charge on any atom is 0.132 e. The number of likely N-dealkylation sites (N-methyl/N-ethyl adjacent to an activating group) is 1. The third-order valence-electron chi connectivity index (χ3n) is 3.83. The van der Waals surface area contributed by atoms with Gasteiger partial charge in [-0.05, 0) is 43.4 Å². The minimum Gasteiger partial charge on any atom is -0.370 e. The molecular formula is C15H21NO. The Bertz CT molecular complexity index is 440. The van der Waals surface area contributed by atoms with Crippen molar-refractivity contribution in [3.05, 3.63) is 34.6 Å². The van der Waals surface area contributed by atoms with Crippen LogP contribution in [-0.2, 0) is 4.79 Å². The molecule has 1 heterocycles. The van der Waals surface area contributed by atoms with Crippen LogP contribution in [0.5, 0.6) is 0 Å². The number of nitrogens with zero attached hydrogens (tertiary/aromatic N) is 1.